The maximum absolute atomic E-state index is 13.8. The number of halogens is 1. The van der Waals surface area contributed by atoms with E-state index in [-0.39, 0.29) is 24.2 Å². The minimum atomic E-state index is -3.89. The predicted molar refractivity (Wildman–Crippen MR) is 135 cm³/mol. The zero-order chi connectivity index (χ0) is 25.4. The lowest BCUT2D eigenvalue weighted by Crippen LogP contribution is -2.53. The number of hydrogen-bond donors (Lipinski definition) is 1. The Kier molecular flexibility index (Phi) is 9.26. The van der Waals surface area contributed by atoms with E-state index in [1.165, 1.54) is 23.1 Å². The Morgan fingerprint density at radius 2 is 1.74 bits per heavy atom. The van der Waals surface area contributed by atoms with Crippen molar-refractivity contribution in [2.45, 2.75) is 64.1 Å². The van der Waals surface area contributed by atoms with Crippen LogP contribution in [0, 0.1) is 5.82 Å². The summed E-state index contributed by atoms with van der Waals surface area (Å²) in [6.07, 6.45) is 6.45. The number of amides is 2. The summed E-state index contributed by atoms with van der Waals surface area (Å²) in [5.41, 5.74) is 0.877. The minimum Gasteiger partial charge on any atom is -0.352 e. The summed E-state index contributed by atoms with van der Waals surface area (Å²) in [6.45, 7) is 1.44. The Labute approximate surface area is 207 Å². The van der Waals surface area contributed by atoms with Crippen LogP contribution in [0.25, 0.3) is 0 Å². The Balaban J connectivity index is 1.89. The van der Waals surface area contributed by atoms with Gasteiger partial charge in [-0.15, -0.1) is 0 Å². The zero-order valence-electron chi connectivity index (χ0n) is 20.3. The Hall–Kier alpha value is -2.94. The second kappa shape index (κ2) is 12.2. The summed E-state index contributed by atoms with van der Waals surface area (Å²) >= 11 is 0. The van der Waals surface area contributed by atoms with Crippen molar-refractivity contribution >= 4 is 27.5 Å². The normalized spacial score (nSPS) is 15.3. The van der Waals surface area contributed by atoms with Gasteiger partial charge >= 0.3 is 0 Å². The molecule has 0 radical (unpaired) electrons. The van der Waals surface area contributed by atoms with E-state index in [9.17, 15) is 22.4 Å². The van der Waals surface area contributed by atoms with Crippen LogP contribution in [0.2, 0.25) is 0 Å². The first-order valence-corrected chi connectivity index (χ1v) is 13.9. The molecule has 2 aromatic rings. The van der Waals surface area contributed by atoms with Crippen molar-refractivity contribution in [3.63, 3.8) is 0 Å². The third kappa shape index (κ3) is 7.52. The highest BCUT2D eigenvalue weighted by atomic mass is 32.2. The average Bonchev–Trinajstić information content (AvgIpc) is 2.82. The Bertz CT molecular complexity index is 1100. The fourth-order valence-electron chi connectivity index (χ4n) is 4.49. The van der Waals surface area contributed by atoms with Crippen LogP contribution in [0.3, 0.4) is 0 Å². The van der Waals surface area contributed by atoms with Gasteiger partial charge in [-0.3, -0.25) is 13.9 Å². The number of nitrogens with zero attached hydrogens (tertiary/aromatic N) is 2. The maximum Gasteiger partial charge on any atom is 0.244 e. The van der Waals surface area contributed by atoms with Crippen LogP contribution < -0.4 is 9.62 Å². The summed E-state index contributed by atoms with van der Waals surface area (Å²) < 4.78 is 39.8. The summed E-state index contributed by atoms with van der Waals surface area (Å²) in [7, 11) is -3.89. The SMILES string of the molecule is CC[C@@H](C(=O)NC1CCCCC1)N(Cc1ccccc1)C(=O)CN(c1cccc(F)c1)S(C)(=O)=O. The molecular formula is C26H34FN3O4S. The average molecular weight is 504 g/mol. The van der Waals surface area contributed by atoms with E-state index < -0.39 is 34.3 Å². The fourth-order valence-corrected chi connectivity index (χ4v) is 5.33. The molecule has 3 rings (SSSR count). The molecule has 1 aliphatic rings. The largest absolute Gasteiger partial charge is 0.352 e. The van der Waals surface area contributed by atoms with Gasteiger partial charge in [0, 0.05) is 12.6 Å². The van der Waals surface area contributed by atoms with E-state index in [4.69, 9.17) is 0 Å². The molecule has 0 unspecified atom stereocenters. The van der Waals surface area contributed by atoms with E-state index in [1.54, 1.807) is 0 Å². The van der Waals surface area contributed by atoms with Crippen LogP contribution in [0.15, 0.2) is 54.6 Å². The fraction of sp³-hybridized carbons (Fsp3) is 0.462. The van der Waals surface area contributed by atoms with Crippen molar-refractivity contribution in [2.24, 2.45) is 0 Å². The van der Waals surface area contributed by atoms with Gasteiger partial charge in [0.2, 0.25) is 21.8 Å². The quantitative estimate of drug-likeness (QED) is 0.534. The molecule has 7 nitrogen and oxygen atoms in total. The number of nitrogens with one attached hydrogen (secondary N) is 1. The standard InChI is InChI=1S/C26H34FN3O4S/c1-3-24(26(32)28-22-14-8-5-9-15-22)29(18-20-11-6-4-7-12-20)25(31)19-30(35(2,33)34)23-16-10-13-21(27)17-23/h4,6-7,10-13,16-17,22,24H,3,5,8-9,14-15,18-19H2,1-2H3,(H,28,32)/t24-/m0/s1. The molecule has 1 aliphatic carbocycles. The lowest BCUT2D eigenvalue weighted by atomic mass is 9.95. The second-order valence-corrected chi connectivity index (χ2v) is 10.9. The van der Waals surface area contributed by atoms with Gasteiger partial charge in [-0.1, -0.05) is 62.6 Å². The molecule has 0 bridgehead atoms. The molecule has 1 saturated carbocycles. The van der Waals surface area contributed by atoms with Crippen molar-refractivity contribution < 1.29 is 22.4 Å². The molecule has 0 spiro atoms. The highest BCUT2D eigenvalue weighted by molar-refractivity contribution is 7.92. The topological polar surface area (TPSA) is 86.8 Å². The lowest BCUT2D eigenvalue weighted by Gasteiger charge is -2.34. The predicted octanol–water partition coefficient (Wildman–Crippen LogP) is 3.85. The van der Waals surface area contributed by atoms with E-state index in [1.807, 2.05) is 37.3 Å². The number of benzene rings is 2. The second-order valence-electron chi connectivity index (χ2n) is 9.02. The van der Waals surface area contributed by atoms with Gasteiger partial charge in [0.1, 0.15) is 18.4 Å². The first-order chi connectivity index (χ1) is 16.7. The molecule has 35 heavy (non-hydrogen) atoms. The van der Waals surface area contributed by atoms with E-state index in [2.05, 4.69) is 5.32 Å². The molecule has 9 heteroatoms. The van der Waals surface area contributed by atoms with E-state index in [0.29, 0.717) is 6.42 Å². The summed E-state index contributed by atoms with van der Waals surface area (Å²) in [5.74, 6) is -1.38. The smallest absolute Gasteiger partial charge is 0.244 e. The lowest BCUT2D eigenvalue weighted by molar-refractivity contribution is -0.140. The summed E-state index contributed by atoms with van der Waals surface area (Å²) in [4.78, 5) is 28.3. The van der Waals surface area contributed by atoms with Gasteiger partial charge in [-0.2, -0.15) is 0 Å². The van der Waals surface area contributed by atoms with Gasteiger partial charge in [-0.05, 0) is 43.0 Å². The molecule has 1 N–H and O–H groups in total. The molecule has 0 aliphatic heterocycles. The third-order valence-electron chi connectivity index (χ3n) is 6.31. The number of carbonyl (C=O) groups excluding carboxylic acids is 2. The van der Waals surface area contributed by atoms with Crippen LogP contribution in [-0.4, -0.2) is 50.0 Å². The van der Waals surface area contributed by atoms with Crippen molar-refractivity contribution in [2.75, 3.05) is 17.1 Å². The molecule has 1 fully saturated rings. The highest BCUT2D eigenvalue weighted by Gasteiger charge is 2.32. The van der Waals surface area contributed by atoms with Crippen LogP contribution in [0.5, 0.6) is 0 Å². The van der Waals surface area contributed by atoms with Crippen molar-refractivity contribution in [3.05, 3.63) is 66.0 Å². The van der Waals surface area contributed by atoms with E-state index in [0.717, 1.165) is 54.3 Å². The number of rotatable bonds is 10. The Morgan fingerprint density at radius 1 is 1.06 bits per heavy atom. The number of hydrogen-bond acceptors (Lipinski definition) is 4. The first kappa shape index (κ1) is 26.7. The third-order valence-corrected chi connectivity index (χ3v) is 7.45. The monoisotopic (exact) mass is 503 g/mol. The molecule has 2 amide bonds. The van der Waals surface area contributed by atoms with Crippen LogP contribution in [-0.2, 0) is 26.2 Å². The molecule has 1 atom stereocenters. The maximum atomic E-state index is 13.8. The molecular weight excluding hydrogens is 469 g/mol. The van der Waals surface area contributed by atoms with Crippen LogP contribution in [0.4, 0.5) is 10.1 Å². The van der Waals surface area contributed by atoms with Gasteiger partial charge in [0.25, 0.3) is 0 Å². The molecule has 2 aromatic carbocycles. The van der Waals surface area contributed by atoms with Crippen LogP contribution in [0.1, 0.15) is 51.0 Å². The molecule has 0 aromatic heterocycles. The molecule has 0 heterocycles. The summed E-state index contributed by atoms with van der Waals surface area (Å²) in [5, 5.41) is 3.10. The first-order valence-electron chi connectivity index (χ1n) is 12.1. The van der Waals surface area contributed by atoms with Gasteiger partial charge in [0.05, 0.1) is 11.9 Å². The molecule has 0 saturated heterocycles. The number of sulfonamides is 1. The molecule has 190 valence electrons. The van der Waals surface area contributed by atoms with Gasteiger partial charge in [-0.25, -0.2) is 12.8 Å². The number of carbonyl (C=O) groups is 2. The van der Waals surface area contributed by atoms with Gasteiger partial charge in [0.15, 0.2) is 0 Å². The number of anilines is 1. The van der Waals surface area contributed by atoms with Crippen molar-refractivity contribution in [1.82, 2.24) is 10.2 Å². The Morgan fingerprint density at radius 3 is 2.34 bits per heavy atom. The summed E-state index contributed by atoms with van der Waals surface area (Å²) in [6, 6.07) is 13.7. The van der Waals surface area contributed by atoms with Gasteiger partial charge < -0.3 is 10.2 Å². The van der Waals surface area contributed by atoms with Crippen molar-refractivity contribution in [3.8, 4) is 0 Å². The zero-order valence-corrected chi connectivity index (χ0v) is 21.1. The highest BCUT2D eigenvalue weighted by Crippen LogP contribution is 2.22. The van der Waals surface area contributed by atoms with Crippen molar-refractivity contribution in [1.29, 1.82) is 0 Å². The minimum absolute atomic E-state index is 0.0558. The van der Waals surface area contributed by atoms with E-state index >= 15 is 0 Å². The van der Waals surface area contributed by atoms with Crippen LogP contribution >= 0.6 is 0 Å².